The number of morpholine rings is 1. The summed E-state index contributed by atoms with van der Waals surface area (Å²) >= 11 is 0. The summed E-state index contributed by atoms with van der Waals surface area (Å²) in [5.74, 6) is 0.636. The molecule has 3 rings (SSSR count). The van der Waals surface area contributed by atoms with Crippen LogP contribution in [0.25, 0.3) is 0 Å². The van der Waals surface area contributed by atoms with Crippen molar-refractivity contribution in [1.82, 2.24) is 4.90 Å². The summed E-state index contributed by atoms with van der Waals surface area (Å²) in [5, 5.41) is 10.4. The number of ketones is 1. The van der Waals surface area contributed by atoms with Crippen molar-refractivity contribution >= 4 is 5.78 Å². The Labute approximate surface area is 143 Å². The van der Waals surface area contributed by atoms with Crippen LogP contribution in [0.4, 0.5) is 0 Å². The van der Waals surface area contributed by atoms with Gasteiger partial charge in [-0.05, 0) is 31.9 Å². The summed E-state index contributed by atoms with van der Waals surface area (Å²) in [4.78, 5) is 13.8. The molecule has 0 unspecified atom stereocenters. The van der Waals surface area contributed by atoms with E-state index in [4.69, 9.17) is 9.47 Å². The molecule has 1 saturated heterocycles. The van der Waals surface area contributed by atoms with Crippen molar-refractivity contribution in [3.8, 4) is 5.75 Å². The third-order valence-electron chi connectivity index (χ3n) is 4.98. The van der Waals surface area contributed by atoms with Gasteiger partial charge in [-0.25, -0.2) is 0 Å². The second-order valence-electron chi connectivity index (χ2n) is 6.80. The highest BCUT2D eigenvalue weighted by molar-refractivity contribution is 5.94. The Balaban J connectivity index is 1.51. The Kier molecular flexibility index (Phi) is 5.87. The highest BCUT2D eigenvalue weighted by atomic mass is 16.5. The number of rotatable bonds is 6. The Morgan fingerprint density at radius 2 is 2.25 bits per heavy atom. The Morgan fingerprint density at radius 1 is 1.42 bits per heavy atom. The topological polar surface area (TPSA) is 59.0 Å². The zero-order valence-electron chi connectivity index (χ0n) is 14.3. The molecule has 0 aromatic heterocycles. The van der Waals surface area contributed by atoms with Crippen LogP contribution in [0, 0.1) is 0 Å². The van der Waals surface area contributed by atoms with E-state index in [2.05, 4.69) is 4.90 Å². The first kappa shape index (κ1) is 17.4. The predicted octanol–water partition coefficient (Wildman–Crippen LogP) is 2.27. The van der Waals surface area contributed by atoms with Crippen molar-refractivity contribution in [2.75, 3.05) is 26.3 Å². The second-order valence-corrected chi connectivity index (χ2v) is 6.80. The van der Waals surface area contributed by atoms with Gasteiger partial charge in [-0.15, -0.1) is 0 Å². The van der Waals surface area contributed by atoms with Gasteiger partial charge in [-0.2, -0.15) is 0 Å². The minimum Gasteiger partial charge on any atom is -0.491 e. The summed E-state index contributed by atoms with van der Waals surface area (Å²) in [6.45, 7) is 3.99. The molecule has 2 aliphatic rings. The minimum absolute atomic E-state index is 0.0117. The molecule has 1 heterocycles. The molecule has 1 N–H and O–H groups in total. The number of aliphatic hydroxyl groups excluding tert-OH is 1. The number of β-amino-alcohol motifs (C(OH)–C–C–N with tert-alkyl or cyclic N) is 1. The molecule has 1 aliphatic carbocycles. The molecule has 0 spiro atoms. The van der Waals surface area contributed by atoms with Gasteiger partial charge in [0.25, 0.3) is 0 Å². The third kappa shape index (κ3) is 4.35. The molecule has 1 aromatic carbocycles. The number of nitrogens with zero attached hydrogens (tertiary/aromatic N) is 1. The maximum atomic E-state index is 11.4. The summed E-state index contributed by atoms with van der Waals surface area (Å²) in [6, 6.07) is 7.53. The lowest BCUT2D eigenvalue weighted by atomic mass is 9.90. The van der Waals surface area contributed by atoms with E-state index < -0.39 is 6.10 Å². The Bertz CT molecular complexity index is 560. The number of benzene rings is 1. The highest BCUT2D eigenvalue weighted by Gasteiger charge is 2.34. The van der Waals surface area contributed by atoms with Gasteiger partial charge in [0.05, 0.1) is 12.7 Å². The van der Waals surface area contributed by atoms with Gasteiger partial charge >= 0.3 is 0 Å². The van der Waals surface area contributed by atoms with Crippen LogP contribution in [-0.2, 0) is 4.74 Å². The average Bonchev–Trinajstić information content (AvgIpc) is 2.60. The van der Waals surface area contributed by atoms with Crippen molar-refractivity contribution in [2.24, 2.45) is 0 Å². The highest BCUT2D eigenvalue weighted by Crippen LogP contribution is 2.28. The summed E-state index contributed by atoms with van der Waals surface area (Å²) < 4.78 is 11.5. The summed E-state index contributed by atoms with van der Waals surface area (Å²) in [7, 11) is 0. The number of ether oxygens (including phenoxy) is 2. The lowest BCUT2D eigenvalue weighted by Gasteiger charge is -2.44. The number of carbonyl (C=O) groups excluding carboxylic acids is 1. The van der Waals surface area contributed by atoms with Crippen LogP contribution in [0.3, 0.4) is 0 Å². The molecule has 2 fully saturated rings. The van der Waals surface area contributed by atoms with Crippen molar-refractivity contribution in [2.45, 2.75) is 50.9 Å². The van der Waals surface area contributed by atoms with Crippen LogP contribution < -0.4 is 4.74 Å². The fourth-order valence-electron chi connectivity index (χ4n) is 3.72. The van der Waals surface area contributed by atoms with Crippen LogP contribution in [0.2, 0.25) is 0 Å². The van der Waals surface area contributed by atoms with Gasteiger partial charge in [0, 0.05) is 24.7 Å². The molecule has 132 valence electrons. The number of Topliss-reactive ketones (excluding diaryl/α,β-unsaturated/α-hetero) is 1. The quantitative estimate of drug-likeness (QED) is 0.809. The van der Waals surface area contributed by atoms with Gasteiger partial charge in [-0.1, -0.05) is 25.0 Å². The van der Waals surface area contributed by atoms with E-state index in [1.165, 1.54) is 19.8 Å². The zero-order valence-corrected chi connectivity index (χ0v) is 14.3. The van der Waals surface area contributed by atoms with E-state index in [-0.39, 0.29) is 12.4 Å². The first-order chi connectivity index (χ1) is 11.6. The SMILES string of the molecule is CC(=O)c1cccc(OC[C@H](O)CN2CCO[C@H]3CCCC[C@H]32)c1. The lowest BCUT2D eigenvalue weighted by molar-refractivity contribution is -0.0992. The van der Waals surface area contributed by atoms with Crippen LogP contribution in [0.15, 0.2) is 24.3 Å². The number of hydrogen-bond acceptors (Lipinski definition) is 5. The minimum atomic E-state index is -0.549. The van der Waals surface area contributed by atoms with Crippen molar-refractivity contribution in [1.29, 1.82) is 0 Å². The molecule has 0 bridgehead atoms. The lowest BCUT2D eigenvalue weighted by Crippen LogP contribution is -2.55. The fraction of sp³-hybridized carbons (Fsp3) is 0.632. The van der Waals surface area contributed by atoms with Crippen LogP contribution >= 0.6 is 0 Å². The number of aliphatic hydroxyl groups is 1. The van der Waals surface area contributed by atoms with Crippen LogP contribution in [0.1, 0.15) is 43.0 Å². The standard InChI is InChI=1S/C19H27NO4/c1-14(21)15-5-4-6-17(11-15)24-13-16(22)12-20-9-10-23-19-8-3-2-7-18(19)20/h4-6,11,16,18-19,22H,2-3,7-10,12-13H2,1H3/t16-,18-,19+/m1/s1. The molecule has 1 aromatic rings. The molecule has 0 radical (unpaired) electrons. The first-order valence-electron chi connectivity index (χ1n) is 8.91. The van der Waals surface area contributed by atoms with E-state index in [9.17, 15) is 9.90 Å². The Hall–Kier alpha value is -1.43. The smallest absolute Gasteiger partial charge is 0.159 e. The summed E-state index contributed by atoms with van der Waals surface area (Å²) in [6.07, 6.45) is 4.54. The van der Waals surface area contributed by atoms with E-state index in [1.807, 2.05) is 6.07 Å². The number of hydrogen-bond donors (Lipinski definition) is 1. The van der Waals surface area contributed by atoms with E-state index in [0.717, 1.165) is 26.0 Å². The molecule has 5 heteroatoms. The first-order valence-corrected chi connectivity index (χ1v) is 8.91. The molecular formula is C19H27NO4. The van der Waals surface area contributed by atoms with Gasteiger partial charge in [-0.3, -0.25) is 9.69 Å². The maximum Gasteiger partial charge on any atom is 0.159 e. The molecule has 5 nitrogen and oxygen atoms in total. The van der Waals surface area contributed by atoms with E-state index in [0.29, 0.717) is 30.0 Å². The molecule has 24 heavy (non-hydrogen) atoms. The van der Waals surface area contributed by atoms with Crippen molar-refractivity contribution < 1.29 is 19.4 Å². The zero-order chi connectivity index (χ0) is 16.9. The number of fused-ring (bicyclic) bond motifs is 1. The van der Waals surface area contributed by atoms with Crippen molar-refractivity contribution in [3.05, 3.63) is 29.8 Å². The second kappa shape index (κ2) is 8.10. The summed E-state index contributed by atoms with van der Waals surface area (Å²) in [5.41, 5.74) is 0.625. The maximum absolute atomic E-state index is 11.4. The van der Waals surface area contributed by atoms with Gasteiger partial charge in [0.15, 0.2) is 5.78 Å². The molecule has 3 atom stereocenters. The van der Waals surface area contributed by atoms with Gasteiger partial charge < -0.3 is 14.6 Å². The largest absolute Gasteiger partial charge is 0.491 e. The number of carbonyl (C=O) groups is 1. The molecular weight excluding hydrogens is 306 g/mol. The van der Waals surface area contributed by atoms with E-state index in [1.54, 1.807) is 18.2 Å². The molecule has 1 aliphatic heterocycles. The molecule has 0 amide bonds. The average molecular weight is 333 g/mol. The monoisotopic (exact) mass is 333 g/mol. The van der Waals surface area contributed by atoms with E-state index >= 15 is 0 Å². The predicted molar refractivity (Wildman–Crippen MR) is 91.5 cm³/mol. The fourth-order valence-corrected chi connectivity index (χ4v) is 3.72. The molecule has 1 saturated carbocycles. The van der Waals surface area contributed by atoms with Crippen LogP contribution in [0.5, 0.6) is 5.75 Å². The van der Waals surface area contributed by atoms with Gasteiger partial charge in [0.2, 0.25) is 0 Å². The van der Waals surface area contributed by atoms with Crippen molar-refractivity contribution in [3.63, 3.8) is 0 Å². The Morgan fingerprint density at radius 3 is 3.08 bits per heavy atom. The van der Waals surface area contributed by atoms with Gasteiger partial charge in [0.1, 0.15) is 18.5 Å². The van der Waals surface area contributed by atoms with Crippen LogP contribution in [-0.4, -0.2) is 60.3 Å². The normalized spacial score (nSPS) is 25.8. The third-order valence-corrected chi connectivity index (χ3v) is 4.98.